The molecule has 1 amide bonds. The highest BCUT2D eigenvalue weighted by molar-refractivity contribution is 7.91. The highest BCUT2D eigenvalue weighted by atomic mass is 32.2. The molecule has 0 saturated carbocycles. The molecule has 4 rings (SSSR count). The standard InChI is InChI=1S/C21H15FN4O5S3/c22-14-6-8-17-18(12-14)33-21(24-17)25(23-13-15-7-9-20(32-15)26(28)29)19(27)10-11-34(30,31)16-4-2-1-3-5-16/h1-9,12-13H,10-11H2/b23-13+. The Morgan fingerprint density at radius 2 is 1.91 bits per heavy atom. The number of rotatable bonds is 8. The highest BCUT2D eigenvalue weighted by Crippen LogP contribution is 2.30. The molecule has 0 bridgehead atoms. The van der Waals surface area contributed by atoms with Crippen LogP contribution in [-0.4, -0.2) is 36.2 Å². The Balaban J connectivity index is 1.62. The first-order valence-electron chi connectivity index (χ1n) is 9.68. The third-order valence-electron chi connectivity index (χ3n) is 4.54. The van der Waals surface area contributed by atoms with Crippen LogP contribution in [0.2, 0.25) is 0 Å². The number of nitro groups is 1. The minimum atomic E-state index is -3.71. The number of halogens is 1. The number of hydrogen-bond acceptors (Lipinski definition) is 9. The molecule has 34 heavy (non-hydrogen) atoms. The van der Waals surface area contributed by atoms with E-state index in [1.54, 1.807) is 18.2 Å². The zero-order chi connectivity index (χ0) is 24.3. The third kappa shape index (κ3) is 5.32. The van der Waals surface area contributed by atoms with Gasteiger partial charge in [0.1, 0.15) is 5.82 Å². The van der Waals surface area contributed by atoms with Crippen LogP contribution in [0.3, 0.4) is 0 Å². The summed E-state index contributed by atoms with van der Waals surface area (Å²) in [5.41, 5.74) is 0.443. The van der Waals surface area contributed by atoms with Gasteiger partial charge in [-0.1, -0.05) is 40.9 Å². The Labute approximate surface area is 200 Å². The lowest BCUT2D eigenvalue weighted by Gasteiger charge is -2.13. The molecule has 0 atom stereocenters. The number of thiazole rings is 1. The maximum Gasteiger partial charge on any atom is 0.324 e. The molecule has 0 aliphatic heterocycles. The number of hydrazone groups is 1. The predicted octanol–water partition coefficient (Wildman–Crippen LogP) is 4.64. The predicted molar refractivity (Wildman–Crippen MR) is 129 cm³/mol. The second-order valence-corrected chi connectivity index (χ2v) is 11.1. The zero-order valence-corrected chi connectivity index (χ0v) is 19.6. The number of thiophene rings is 1. The Bertz CT molecular complexity index is 1500. The fraction of sp³-hybridized carbons (Fsp3) is 0.0952. The quantitative estimate of drug-likeness (QED) is 0.190. The molecule has 0 radical (unpaired) electrons. The number of nitrogens with zero attached hydrogens (tertiary/aromatic N) is 4. The van der Waals surface area contributed by atoms with Gasteiger partial charge in [0.05, 0.1) is 36.9 Å². The minimum absolute atomic E-state index is 0.0938. The SMILES string of the molecule is O=C(CCS(=O)(=O)c1ccccc1)N(/N=C/c1ccc([N+](=O)[O-])s1)c1nc2ccc(F)cc2s1. The van der Waals surface area contributed by atoms with E-state index in [2.05, 4.69) is 10.1 Å². The summed E-state index contributed by atoms with van der Waals surface area (Å²) in [4.78, 5) is 28.2. The van der Waals surface area contributed by atoms with Gasteiger partial charge in [0.2, 0.25) is 5.13 Å². The van der Waals surface area contributed by atoms with Gasteiger partial charge >= 0.3 is 5.00 Å². The molecule has 0 aliphatic rings. The van der Waals surface area contributed by atoms with Crippen molar-refractivity contribution in [2.24, 2.45) is 5.10 Å². The van der Waals surface area contributed by atoms with Crippen molar-refractivity contribution in [3.63, 3.8) is 0 Å². The van der Waals surface area contributed by atoms with E-state index >= 15 is 0 Å². The van der Waals surface area contributed by atoms with E-state index in [0.717, 1.165) is 27.7 Å². The number of amides is 1. The molecule has 0 unspecified atom stereocenters. The number of anilines is 1. The average Bonchev–Trinajstić information content (AvgIpc) is 3.45. The van der Waals surface area contributed by atoms with Crippen LogP contribution >= 0.6 is 22.7 Å². The number of carbonyl (C=O) groups excluding carboxylic acids is 1. The topological polar surface area (TPSA) is 123 Å². The summed E-state index contributed by atoms with van der Waals surface area (Å²) in [6.45, 7) is 0. The van der Waals surface area contributed by atoms with Crippen LogP contribution in [0.25, 0.3) is 10.2 Å². The normalized spacial score (nSPS) is 11.8. The molecular formula is C21H15FN4O5S3. The zero-order valence-electron chi connectivity index (χ0n) is 17.2. The van der Waals surface area contributed by atoms with E-state index in [1.165, 1.54) is 48.7 Å². The first-order valence-corrected chi connectivity index (χ1v) is 13.0. The molecule has 0 aliphatic carbocycles. The summed E-state index contributed by atoms with van der Waals surface area (Å²) in [5, 5.41) is 16.0. The van der Waals surface area contributed by atoms with Crippen molar-refractivity contribution in [2.75, 3.05) is 10.8 Å². The first-order chi connectivity index (χ1) is 16.2. The first kappa shape index (κ1) is 23.6. The van der Waals surface area contributed by atoms with E-state index < -0.39 is 32.2 Å². The van der Waals surface area contributed by atoms with Gasteiger partial charge in [-0.3, -0.25) is 14.9 Å². The summed E-state index contributed by atoms with van der Waals surface area (Å²) < 4.78 is 39.3. The van der Waals surface area contributed by atoms with Crippen molar-refractivity contribution < 1.29 is 22.5 Å². The summed E-state index contributed by atoms with van der Waals surface area (Å²) in [6, 6.07) is 14.5. The van der Waals surface area contributed by atoms with Crippen molar-refractivity contribution in [3.8, 4) is 0 Å². The summed E-state index contributed by atoms with van der Waals surface area (Å²) in [5.74, 6) is -1.57. The lowest BCUT2D eigenvalue weighted by Crippen LogP contribution is -2.27. The van der Waals surface area contributed by atoms with Crippen molar-refractivity contribution in [1.82, 2.24) is 4.98 Å². The molecule has 0 saturated heterocycles. The third-order valence-corrected chi connectivity index (χ3v) is 8.23. The Kier molecular flexibility index (Phi) is 6.77. The van der Waals surface area contributed by atoms with Crippen LogP contribution in [0.1, 0.15) is 11.3 Å². The van der Waals surface area contributed by atoms with Crippen molar-refractivity contribution in [3.05, 3.63) is 81.5 Å². The van der Waals surface area contributed by atoms with Gasteiger partial charge in [-0.25, -0.2) is 17.8 Å². The van der Waals surface area contributed by atoms with Crippen molar-refractivity contribution in [2.45, 2.75) is 11.3 Å². The molecule has 13 heteroatoms. The molecule has 2 aromatic carbocycles. The maximum atomic E-state index is 13.6. The second-order valence-electron chi connectivity index (χ2n) is 6.87. The molecule has 2 heterocycles. The lowest BCUT2D eigenvalue weighted by atomic mass is 10.3. The molecule has 0 spiro atoms. The number of sulfone groups is 1. The van der Waals surface area contributed by atoms with E-state index in [-0.39, 0.29) is 21.4 Å². The fourth-order valence-corrected chi connectivity index (χ4v) is 5.80. The molecule has 4 aromatic rings. The van der Waals surface area contributed by atoms with Crippen molar-refractivity contribution >= 4 is 65.0 Å². The Morgan fingerprint density at radius 3 is 2.62 bits per heavy atom. The van der Waals surface area contributed by atoms with Gasteiger partial charge in [0.25, 0.3) is 5.91 Å². The lowest BCUT2D eigenvalue weighted by molar-refractivity contribution is -0.380. The number of benzene rings is 2. The number of aromatic nitrogens is 1. The Hall–Kier alpha value is -3.55. The average molecular weight is 519 g/mol. The van der Waals surface area contributed by atoms with Gasteiger partial charge in [0, 0.05) is 12.5 Å². The van der Waals surface area contributed by atoms with Gasteiger partial charge in [-0.15, -0.1) is 0 Å². The molecule has 0 fully saturated rings. The van der Waals surface area contributed by atoms with Crippen LogP contribution in [0.4, 0.5) is 14.5 Å². The van der Waals surface area contributed by atoms with Crippen LogP contribution in [0, 0.1) is 15.9 Å². The maximum absolute atomic E-state index is 13.6. The van der Waals surface area contributed by atoms with Gasteiger partial charge in [-0.2, -0.15) is 10.1 Å². The van der Waals surface area contributed by atoms with E-state index in [1.807, 2.05) is 0 Å². The van der Waals surface area contributed by atoms with E-state index in [4.69, 9.17) is 0 Å². The Morgan fingerprint density at radius 1 is 1.15 bits per heavy atom. The summed E-state index contributed by atoms with van der Waals surface area (Å²) >= 11 is 1.87. The molecule has 9 nitrogen and oxygen atoms in total. The minimum Gasteiger partial charge on any atom is -0.272 e. The van der Waals surface area contributed by atoms with E-state index in [9.17, 15) is 27.7 Å². The van der Waals surface area contributed by atoms with Crippen LogP contribution in [0.5, 0.6) is 0 Å². The van der Waals surface area contributed by atoms with Crippen LogP contribution in [-0.2, 0) is 14.6 Å². The molecule has 2 aromatic heterocycles. The number of carbonyl (C=O) groups is 1. The fourth-order valence-electron chi connectivity index (χ4n) is 2.89. The van der Waals surface area contributed by atoms with Gasteiger partial charge in [0.15, 0.2) is 9.84 Å². The van der Waals surface area contributed by atoms with Crippen LogP contribution < -0.4 is 5.01 Å². The smallest absolute Gasteiger partial charge is 0.272 e. The highest BCUT2D eigenvalue weighted by Gasteiger charge is 2.23. The number of fused-ring (bicyclic) bond motifs is 1. The van der Waals surface area contributed by atoms with Crippen molar-refractivity contribution in [1.29, 1.82) is 0 Å². The molecule has 174 valence electrons. The summed E-state index contributed by atoms with van der Waals surface area (Å²) in [6.07, 6.45) is 0.872. The van der Waals surface area contributed by atoms with E-state index in [0.29, 0.717) is 15.1 Å². The molecule has 0 N–H and O–H groups in total. The van der Waals surface area contributed by atoms with Gasteiger partial charge in [-0.05, 0) is 36.4 Å². The second kappa shape index (κ2) is 9.75. The van der Waals surface area contributed by atoms with Gasteiger partial charge < -0.3 is 0 Å². The monoisotopic (exact) mass is 518 g/mol. The largest absolute Gasteiger partial charge is 0.324 e. The summed E-state index contributed by atoms with van der Waals surface area (Å²) in [7, 11) is -3.71. The molecular weight excluding hydrogens is 503 g/mol. The number of hydrogen-bond donors (Lipinski definition) is 0. The van der Waals surface area contributed by atoms with Crippen LogP contribution in [0.15, 0.2) is 70.7 Å².